The number of unbranched alkanes of at least 4 members (excludes halogenated alkanes) is 1. The number of ether oxygens (including phenoxy) is 1. The molecule has 0 aliphatic heterocycles. The molecule has 0 bridgehead atoms. The number of hydrogen-bond acceptors (Lipinski definition) is 4. The van der Waals surface area contributed by atoms with Crippen molar-refractivity contribution in [2.75, 3.05) is 13.2 Å². The molecule has 0 aromatic carbocycles. The molecule has 6 nitrogen and oxygen atoms in total. The van der Waals surface area contributed by atoms with E-state index in [-0.39, 0.29) is 6.61 Å². The van der Waals surface area contributed by atoms with E-state index in [1.54, 1.807) is 0 Å². The smallest absolute Gasteiger partial charge is 0.394 e. The zero-order valence-corrected chi connectivity index (χ0v) is 9.06. The van der Waals surface area contributed by atoms with Gasteiger partial charge in [-0.15, -0.1) is 0 Å². The van der Waals surface area contributed by atoms with Crippen LogP contribution in [0.1, 0.15) is 19.8 Å². The molecule has 90 valence electrons. The minimum Gasteiger partial charge on any atom is -0.474 e. The number of rotatable bonds is 6. The third kappa shape index (κ3) is 7.54. The Labute approximate surface area is 93.3 Å². The molecule has 0 aromatic heterocycles. The van der Waals surface area contributed by atoms with Gasteiger partial charge in [0.25, 0.3) is 0 Å². The van der Waals surface area contributed by atoms with Gasteiger partial charge in [-0.25, -0.2) is 4.79 Å². The van der Waals surface area contributed by atoms with Crippen molar-refractivity contribution in [2.45, 2.75) is 19.8 Å². The van der Waals surface area contributed by atoms with Gasteiger partial charge in [-0.1, -0.05) is 12.2 Å². The number of amides is 1. The van der Waals surface area contributed by atoms with Crippen LogP contribution in [-0.4, -0.2) is 36.1 Å². The predicted octanol–water partition coefficient (Wildman–Crippen LogP) is 0.0867. The molecule has 2 N–H and O–H groups in total. The van der Waals surface area contributed by atoms with Crippen molar-refractivity contribution in [2.24, 2.45) is 0 Å². The Morgan fingerprint density at radius 3 is 2.62 bits per heavy atom. The summed E-state index contributed by atoms with van der Waals surface area (Å²) >= 11 is 0. The van der Waals surface area contributed by atoms with Crippen LogP contribution >= 0.6 is 0 Å². The summed E-state index contributed by atoms with van der Waals surface area (Å²) in [5, 5.41) is 10.1. The SMILES string of the molecule is C/C=C/CCCOC(=O)CNC(=O)C(=O)O. The minimum atomic E-state index is -1.62. The van der Waals surface area contributed by atoms with Crippen molar-refractivity contribution in [1.29, 1.82) is 0 Å². The van der Waals surface area contributed by atoms with Gasteiger partial charge in [-0.2, -0.15) is 0 Å². The van der Waals surface area contributed by atoms with E-state index in [4.69, 9.17) is 9.84 Å². The Morgan fingerprint density at radius 2 is 2.06 bits per heavy atom. The van der Waals surface area contributed by atoms with E-state index in [0.717, 1.165) is 6.42 Å². The number of allylic oxidation sites excluding steroid dienone is 2. The van der Waals surface area contributed by atoms with Gasteiger partial charge in [0.05, 0.1) is 6.61 Å². The first-order chi connectivity index (χ1) is 7.57. The predicted molar refractivity (Wildman–Crippen MR) is 55.7 cm³/mol. The van der Waals surface area contributed by atoms with Gasteiger partial charge < -0.3 is 15.2 Å². The van der Waals surface area contributed by atoms with Gasteiger partial charge in [-0.05, 0) is 19.8 Å². The molecule has 0 heterocycles. The number of esters is 1. The Hall–Kier alpha value is -1.85. The number of carboxylic acids is 1. The van der Waals surface area contributed by atoms with E-state index < -0.39 is 24.4 Å². The van der Waals surface area contributed by atoms with Crippen molar-refractivity contribution >= 4 is 17.8 Å². The molecule has 0 spiro atoms. The lowest BCUT2D eigenvalue weighted by molar-refractivity contribution is -0.151. The lowest BCUT2D eigenvalue weighted by atomic mass is 10.3. The number of carboxylic acid groups (broad SMARTS) is 1. The van der Waals surface area contributed by atoms with E-state index in [0.29, 0.717) is 6.42 Å². The van der Waals surface area contributed by atoms with Crippen LogP contribution in [0.4, 0.5) is 0 Å². The summed E-state index contributed by atoms with van der Waals surface area (Å²) in [5.41, 5.74) is 0. The largest absolute Gasteiger partial charge is 0.474 e. The quantitative estimate of drug-likeness (QED) is 0.291. The molecule has 0 atom stereocenters. The molecular formula is C10H15NO5. The van der Waals surface area contributed by atoms with Gasteiger partial charge in [0, 0.05) is 0 Å². The van der Waals surface area contributed by atoms with E-state index >= 15 is 0 Å². The van der Waals surface area contributed by atoms with Crippen LogP contribution in [0.2, 0.25) is 0 Å². The molecule has 1 amide bonds. The fourth-order valence-electron chi connectivity index (χ4n) is 0.833. The number of carbonyl (C=O) groups excluding carboxylic acids is 2. The van der Waals surface area contributed by atoms with Gasteiger partial charge >= 0.3 is 17.8 Å². The van der Waals surface area contributed by atoms with Crippen LogP contribution in [-0.2, 0) is 19.1 Å². The third-order valence-electron chi connectivity index (χ3n) is 1.60. The van der Waals surface area contributed by atoms with E-state index in [2.05, 4.69) is 0 Å². The highest BCUT2D eigenvalue weighted by Gasteiger charge is 2.12. The summed E-state index contributed by atoms with van der Waals surface area (Å²) in [7, 11) is 0. The zero-order valence-electron chi connectivity index (χ0n) is 9.06. The van der Waals surface area contributed by atoms with Crippen molar-refractivity contribution in [3.05, 3.63) is 12.2 Å². The first kappa shape index (κ1) is 14.2. The second kappa shape index (κ2) is 8.46. The number of nitrogens with one attached hydrogen (secondary N) is 1. The van der Waals surface area contributed by atoms with Crippen LogP contribution in [0.25, 0.3) is 0 Å². The molecule has 0 aromatic rings. The van der Waals surface area contributed by atoms with Crippen molar-refractivity contribution < 1.29 is 24.2 Å². The highest BCUT2D eigenvalue weighted by Crippen LogP contribution is 1.92. The Morgan fingerprint density at radius 1 is 1.38 bits per heavy atom. The normalized spacial score (nSPS) is 10.1. The topological polar surface area (TPSA) is 92.7 Å². The van der Waals surface area contributed by atoms with Crippen LogP contribution < -0.4 is 5.32 Å². The highest BCUT2D eigenvalue weighted by molar-refractivity contribution is 6.31. The monoisotopic (exact) mass is 229 g/mol. The second-order valence-corrected chi connectivity index (χ2v) is 2.92. The van der Waals surface area contributed by atoms with Crippen molar-refractivity contribution in [3.8, 4) is 0 Å². The zero-order chi connectivity index (χ0) is 12.4. The highest BCUT2D eigenvalue weighted by atomic mass is 16.5. The molecule has 0 aliphatic carbocycles. The lowest BCUT2D eigenvalue weighted by Crippen LogP contribution is -2.35. The average molecular weight is 229 g/mol. The Bertz CT molecular complexity index is 285. The van der Waals surface area contributed by atoms with Crippen LogP contribution in [0.15, 0.2) is 12.2 Å². The van der Waals surface area contributed by atoms with E-state index in [1.807, 2.05) is 24.4 Å². The average Bonchev–Trinajstić information content (AvgIpc) is 2.25. The third-order valence-corrected chi connectivity index (χ3v) is 1.60. The van der Waals surface area contributed by atoms with E-state index in [1.165, 1.54) is 0 Å². The molecule has 0 saturated carbocycles. The standard InChI is InChI=1S/C10H15NO5/c1-2-3-4-5-6-16-8(12)7-11-9(13)10(14)15/h2-3H,4-7H2,1H3,(H,11,13)(H,14,15)/b3-2+. The maximum Gasteiger partial charge on any atom is 0.394 e. The van der Waals surface area contributed by atoms with E-state index in [9.17, 15) is 14.4 Å². The maximum absolute atomic E-state index is 11.0. The maximum atomic E-state index is 11.0. The number of carbonyl (C=O) groups is 3. The van der Waals surface area contributed by atoms with Gasteiger partial charge in [0.15, 0.2) is 0 Å². The fourth-order valence-corrected chi connectivity index (χ4v) is 0.833. The molecule has 0 unspecified atom stereocenters. The van der Waals surface area contributed by atoms with Crippen LogP contribution in [0.3, 0.4) is 0 Å². The van der Waals surface area contributed by atoms with Crippen molar-refractivity contribution in [3.63, 3.8) is 0 Å². The minimum absolute atomic E-state index is 0.256. The summed E-state index contributed by atoms with van der Waals surface area (Å²) in [5.74, 6) is -3.48. The summed E-state index contributed by atoms with van der Waals surface area (Å²) in [6.45, 7) is 1.73. The van der Waals surface area contributed by atoms with Crippen LogP contribution in [0.5, 0.6) is 0 Å². The summed E-state index contributed by atoms with van der Waals surface area (Å²) in [4.78, 5) is 31.6. The Balaban J connectivity index is 3.52. The molecule has 6 heteroatoms. The first-order valence-corrected chi connectivity index (χ1v) is 4.85. The molecule has 0 fully saturated rings. The molecular weight excluding hydrogens is 214 g/mol. The van der Waals surface area contributed by atoms with Crippen molar-refractivity contribution in [1.82, 2.24) is 5.32 Å². The molecule has 0 rings (SSSR count). The number of aliphatic carboxylic acids is 1. The second-order valence-electron chi connectivity index (χ2n) is 2.92. The van der Waals surface area contributed by atoms with Gasteiger partial charge in [0.1, 0.15) is 6.54 Å². The molecule has 16 heavy (non-hydrogen) atoms. The summed E-state index contributed by atoms with van der Waals surface area (Å²) in [6.07, 6.45) is 5.35. The van der Waals surface area contributed by atoms with Crippen LogP contribution in [0, 0.1) is 0 Å². The molecule has 0 radical (unpaired) electrons. The molecule has 0 aliphatic rings. The number of hydrogen-bond donors (Lipinski definition) is 2. The Kier molecular flexibility index (Phi) is 7.48. The van der Waals surface area contributed by atoms with Gasteiger partial charge in [-0.3, -0.25) is 9.59 Å². The lowest BCUT2D eigenvalue weighted by Gasteiger charge is -2.03. The fraction of sp³-hybridized carbons (Fsp3) is 0.500. The first-order valence-electron chi connectivity index (χ1n) is 4.85. The molecule has 0 saturated heterocycles. The summed E-state index contributed by atoms with van der Waals surface area (Å²) < 4.78 is 4.74. The summed E-state index contributed by atoms with van der Waals surface area (Å²) in [6, 6.07) is 0. The van der Waals surface area contributed by atoms with Gasteiger partial charge in [0.2, 0.25) is 0 Å².